The summed E-state index contributed by atoms with van der Waals surface area (Å²) in [5.74, 6) is -0.183. The van der Waals surface area contributed by atoms with Gasteiger partial charge in [-0.1, -0.05) is 54.1 Å². The molecule has 0 atom stereocenters. The first kappa shape index (κ1) is 22.8. The number of amides is 2. The number of hydrogen-bond donors (Lipinski definition) is 0. The highest BCUT2D eigenvalue weighted by Crippen LogP contribution is 2.38. The Bertz CT molecular complexity index is 1290. The Kier molecular flexibility index (Phi) is 6.35. The molecular weight excluding hydrogens is 460 g/mol. The van der Waals surface area contributed by atoms with E-state index in [1.165, 1.54) is 37.1 Å². The Hall–Kier alpha value is -3.42. The van der Waals surface area contributed by atoms with Crippen molar-refractivity contribution >= 4 is 57.6 Å². The fourth-order valence-electron chi connectivity index (χ4n) is 3.67. The Labute approximate surface area is 201 Å². The van der Waals surface area contributed by atoms with Gasteiger partial charge in [0, 0.05) is 14.1 Å². The van der Waals surface area contributed by atoms with Crippen LogP contribution in [0, 0.1) is 0 Å². The van der Waals surface area contributed by atoms with E-state index in [1.807, 2.05) is 42.5 Å². The number of hydrogen-bond acceptors (Lipinski definition) is 5. The number of fused-ring (bicyclic) bond motifs is 1. The molecule has 1 aliphatic heterocycles. The van der Waals surface area contributed by atoms with Gasteiger partial charge in [0.15, 0.2) is 16.6 Å². The topological polar surface area (TPSA) is 59.1 Å². The summed E-state index contributed by atoms with van der Waals surface area (Å²) in [5.41, 5.74) is 1.52. The maximum absolute atomic E-state index is 12.6. The second-order valence-corrected chi connectivity index (χ2v) is 8.30. The molecule has 1 saturated heterocycles. The third-order valence-electron chi connectivity index (χ3n) is 5.46. The van der Waals surface area contributed by atoms with Gasteiger partial charge < -0.3 is 9.47 Å². The number of ether oxygens (including phenoxy) is 2. The van der Waals surface area contributed by atoms with Crippen molar-refractivity contribution in [3.63, 3.8) is 0 Å². The molecule has 8 heteroatoms. The molecule has 0 N–H and O–H groups in total. The Balaban J connectivity index is 1.65. The Morgan fingerprint density at radius 3 is 2.36 bits per heavy atom. The number of nitrogens with zero attached hydrogens (tertiary/aromatic N) is 2. The molecule has 1 fully saturated rings. The van der Waals surface area contributed by atoms with Crippen LogP contribution in [0.15, 0.2) is 60.2 Å². The molecule has 0 spiro atoms. The van der Waals surface area contributed by atoms with E-state index in [2.05, 4.69) is 0 Å². The van der Waals surface area contributed by atoms with Crippen LogP contribution in [0.5, 0.6) is 11.5 Å². The highest BCUT2D eigenvalue weighted by atomic mass is 35.5. The van der Waals surface area contributed by atoms with Crippen molar-refractivity contribution in [3.05, 3.63) is 76.3 Å². The van der Waals surface area contributed by atoms with Crippen LogP contribution in [-0.2, 0) is 16.2 Å². The third-order valence-corrected chi connectivity index (χ3v) is 6.29. The minimum Gasteiger partial charge on any atom is -0.493 e. The van der Waals surface area contributed by atoms with Crippen molar-refractivity contribution in [3.8, 4) is 11.5 Å². The summed E-state index contributed by atoms with van der Waals surface area (Å²) in [6.07, 6.45) is 1.47. The summed E-state index contributed by atoms with van der Waals surface area (Å²) in [7, 11) is 4.56. The lowest BCUT2D eigenvalue weighted by Gasteiger charge is -2.31. The Morgan fingerprint density at radius 2 is 1.67 bits per heavy atom. The van der Waals surface area contributed by atoms with Crippen molar-refractivity contribution in [1.29, 1.82) is 0 Å². The quantitative estimate of drug-likeness (QED) is 0.301. The summed E-state index contributed by atoms with van der Waals surface area (Å²) < 4.78 is 11.5. The van der Waals surface area contributed by atoms with Crippen molar-refractivity contribution < 1.29 is 19.1 Å². The first-order valence-electron chi connectivity index (χ1n) is 10.1. The molecule has 3 aromatic rings. The molecule has 0 aliphatic carbocycles. The maximum Gasteiger partial charge on any atom is 0.265 e. The van der Waals surface area contributed by atoms with Crippen LogP contribution in [0.25, 0.3) is 16.8 Å². The van der Waals surface area contributed by atoms with Gasteiger partial charge >= 0.3 is 0 Å². The monoisotopic (exact) mass is 480 g/mol. The first-order chi connectivity index (χ1) is 15.8. The Morgan fingerprint density at radius 1 is 1.00 bits per heavy atom. The smallest absolute Gasteiger partial charge is 0.265 e. The van der Waals surface area contributed by atoms with Gasteiger partial charge in [0.25, 0.3) is 11.8 Å². The SMILES string of the molecule is COc1cc(C=C2C(=O)N(C)C(=S)N(C)C2=O)cc(Cl)c1OCc1cccc2ccccc12. The van der Waals surface area contributed by atoms with Crippen LogP contribution in [0.2, 0.25) is 5.02 Å². The van der Waals surface area contributed by atoms with E-state index in [-0.39, 0.29) is 10.7 Å². The standard InChI is InChI=1S/C25H21ClN2O4S/c1-27-23(29)19(24(30)28(2)25(27)33)11-15-12-20(26)22(21(13-15)31-3)32-14-17-9-6-8-16-7-4-5-10-18(16)17/h4-13H,14H2,1-3H3. The molecule has 6 nitrogen and oxygen atoms in total. The largest absolute Gasteiger partial charge is 0.493 e. The van der Waals surface area contributed by atoms with Crippen LogP contribution in [0.3, 0.4) is 0 Å². The minimum atomic E-state index is -0.477. The molecule has 0 aromatic heterocycles. The summed E-state index contributed by atoms with van der Waals surface area (Å²) in [6.45, 7) is 0.294. The summed E-state index contributed by atoms with van der Waals surface area (Å²) in [4.78, 5) is 27.7. The molecule has 168 valence electrons. The summed E-state index contributed by atoms with van der Waals surface area (Å²) in [6, 6.07) is 17.4. The summed E-state index contributed by atoms with van der Waals surface area (Å²) >= 11 is 11.6. The molecule has 0 unspecified atom stereocenters. The van der Waals surface area contributed by atoms with Crippen molar-refractivity contribution in [2.75, 3.05) is 21.2 Å². The fraction of sp³-hybridized carbons (Fsp3) is 0.160. The second kappa shape index (κ2) is 9.21. The van der Waals surface area contributed by atoms with Crippen LogP contribution in [0.1, 0.15) is 11.1 Å². The van der Waals surface area contributed by atoms with E-state index in [1.54, 1.807) is 12.1 Å². The van der Waals surface area contributed by atoms with E-state index in [0.29, 0.717) is 28.7 Å². The van der Waals surface area contributed by atoms with Crippen molar-refractivity contribution in [2.24, 2.45) is 0 Å². The molecule has 33 heavy (non-hydrogen) atoms. The zero-order valence-corrected chi connectivity index (χ0v) is 19.9. The number of benzene rings is 3. The van der Waals surface area contributed by atoms with E-state index >= 15 is 0 Å². The zero-order chi connectivity index (χ0) is 23.7. The van der Waals surface area contributed by atoms with Gasteiger partial charge in [-0.3, -0.25) is 19.4 Å². The molecule has 2 amide bonds. The van der Waals surface area contributed by atoms with Gasteiger partial charge in [-0.25, -0.2) is 0 Å². The van der Waals surface area contributed by atoms with Crippen LogP contribution in [-0.4, -0.2) is 47.9 Å². The van der Waals surface area contributed by atoms with Gasteiger partial charge in [0.2, 0.25) is 0 Å². The highest BCUT2D eigenvalue weighted by molar-refractivity contribution is 7.80. The van der Waals surface area contributed by atoms with Crippen LogP contribution in [0.4, 0.5) is 0 Å². The lowest BCUT2D eigenvalue weighted by Crippen LogP contribution is -2.52. The van der Waals surface area contributed by atoms with Crippen molar-refractivity contribution in [2.45, 2.75) is 6.61 Å². The third kappa shape index (κ3) is 4.29. The molecule has 1 aliphatic rings. The number of carbonyl (C=O) groups excluding carboxylic acids is 2. The number of thiocarbonyl (C=S) groups is 1. The first-order valence-corrected chi connectivity index (χ1v) is 10.9. The average Bonchev–Trinajstić information content (AvgIpc) is 2.83. The highest BCUT2D eigenvalue weighted by Gasteiger charge is 2.35. The molecule has 0 radical (unpaired) electrons. The average molecular weight is 481 g/mol. The lowest BCUT2D eigenvalue weighted by molar-refractivity contribution is -0.132. The lowest BCUT2D eigenvalue weighted by atomic mass is 10.1. The predicted octanol–water partition coefficient (Wildman–Crippen LogP) is 4.68. The van der Waals surface area contributed by atoms with Gasteiger partial charge in [-0.2, -0.15) is 0 Å². The van der Waals surface area contributed by atoms with Gasteiger partial charge in [-0.15, -0.1) is 0 Å². The van der Waals surface area contributed by atoms with E-state index in [9.17, 15) is 9.59 Å². The summed E-state index contributed by atoms with van der Waals surface area (Å²) in [5, 5.41) is 2.66. The number of likely N-dealkylation sites (N-methyl/N-ethyl adjacent to an activating group) is 2. The molecule has 1 heterocycles. The van der Waals surface area contributed by atoms with Crippen molar-refractivity contribution in [1.82, 2.24) is 9.80 Å². The van der Waals surface area contributed by atoms with E-state index in [0.717, 1.165) is 16.3 Å². The molecule has 0 saturated carbocycles. The number of rotatable bonds is 5. The second-order valence-electron chi connectivity index (χ2n) is 7.53. The minimum absolute atomic E-state index is 0.0175. The molecule has 3 aromatic carbocycles. The fourth-order valence-corrected chi connectivity index (χ4v) is 4.11. The maximum atomic E-state index is 12.6. The zero-order valence-electron chi connectivity index (χ0n) is 18.3. The van der Waals surface area contributed by atoms with Gasteiger partial charge in [0.1, 0.15) is 12.2 Å². The van der Waals surface area contributed by atoms with E-state index in [4.69, 9.17) is 33.3 Å². The normalized spacial score (nSPS) is 14.2. The number of halogens is 1. The number of methoxy groups -OCH3 is 1. The molecule has 4 rings (SSSR count). The molecule has 0 bridgehead atoms. The van der Waals surface area contributed by atoms with Gasteiger partial charge in [-0.05, 0) is 52.3 Å². The predicted molar refractivity (Wildman–Crippen MR) is 132 cm³/mol. The van der Waals surface area contributed by atoms with Crippen LogP contribution < -0.4 is 9.47 Å². The van der Waals surface area contributed by atoms with Crippen LogP contribution >= 0.6 is 23.8 Å². The van der Waals surface area contributed by atoms with Gasteiger partial charge in [0.05, 0.1) is 12.1 Å². The molecular formula is C25H21ClN2O4S. The number of carbonyl (C=O) groups is 2. The van der Waals surface area contributed by atoms with E-state index < -0.39 is 11.8 Å².